The van der Waals surface area contributed by atoms with Gasteiger partial charge in [-0.2, -0.15) is 0 Å². The molecule has 1 radical (unpaired) electrons. The second-order valence-electron chi connectivity index (χ2n) is 1.54. The van der Waals surface area contributed by atoms with Crippen LogP contribution in [0.2, 0.25) is 0 Å². The predicted octanol–water partition coefficient (Wildman–Crippen LogP) is -2.79. The zero-order chi connectivity index (χ0) is 13.5. The van der Waals surface area contributed by atoms with E-state index < -0.39 is 23.5 Å². The van der Waals surface area contributed by atoms with Crippen molar-refractivity contribution in [1.82, 2.24) is 0 Å². The molecule has 0 bridgehead atoms. The average Bonchev–Trinajstić information content (AvgIpc) is 1.41. The van der Waals surface area contributed by atoms with Gasteiger partial charge in [-0.05, 0) is 0 Å². The van der Waals surface area contributed by atoms with E-state index in [2.05, 4.69) is 0 Å². The van der Waals surface area contributed by atoms with Crippen molar-refractivity contribution in [1.29, 1.82) is 0 Å². The minimum absolute atomic E-state index is 0. The summed E-state index contributed by atoms with van der Waals surface area (Å²) in [5.41, 5.74) is 0. The molecule has 0 aliphatic rings. The van der Waals surface area contributed by atoms with Crippen LogP contribution in [0.15, 0.2) is 0 Å². The summed E-state index contributed by atoms with van der Waals surface area (Å²) in [5, 5.41) is 0. The van der Waals surface area contributed by atoms with Gasteiger partial charge in [-0.1, -0.05) is 0 Å². The van der Waals surface area contributed by atoms with Crippen LogP contribution in [0.3, 0.4) is 0 Å². The van der Waals surface area contributed by atoms with Crippen molar-refractivity contribution in [2.45, 2.75) is 0 Å². The molecule has 101 valence electrons. The normalized spacial score (nSPS) is 11.1. The Morgan fingerprint density at radius 1 is 0.438 bits per heavy atom. The second-order valence-corrected chi connectivity index (χ2v) is 4.62. The minimum atomic E-state index is -4.64. The van der Waals surface area contributed by atoms with Gasteiger partial charge in [0.15, 0.2) is 0 Å². The second kappa shape index (κ2) is 9.90. The Balaban J connectivity index is -0.0000000655. The fraction of sp³-hybridized carbons (Fsp3) is 0. The molecule has 0 unspecified atom stereocenters. The third-order valence-electron chi connectivity index (χ3n) is 0. The molecule has 0 heterocycles. The molecule has 0 saturated carbocycles. The molecule has 0 aliphatic heterocycles. The predicted molar refractivity (Wildman–Crippen MR) is 42.8 cm³/mol. The molecule has 0 fully saturated rings. The quantitative estimate of drug-likeness (QED) is 0.203. The Morgan fingerprint density at radius 2 is 0.438 bits per heavy atom. The molecule has 9 N–H and O–H groups in total. The van der Waals surface area contributed by atoms with Crippen molar-refractivity contribution < 1.29 is 76.3 Å². The monoisotopic (exact) mass is 345 g/mol. The maximum atomic E-state index is 8.88. The molecule has 0 rings (SSSR count). The summed E-state index contributed by atoms with van der Waals surface area (Å²) in [6.45, 7) is 0. The van der Waals surface area contributed by atoms with Gasteiger partial charge in [-0.25, -0.2) is 13.7 Å². The van der Waals surface area contributed by atoms with E-state index in [0.717, 1.165) is 0 Å². The van der Waals surface area contributed by atoms with E-state index in [4.69, 9.17) is 57.7 Å². The van der Waals surface area contributed by atoms with Crippen LogP contribution in [0.1, 0.15) is 0 Å². The summed E-state index contributed by atoms with van der Waals surface area (Å²) in [6, 6.07) is 0. The van der Waals surface area contributed by atoms with Gasteiger partial charge in [0.25, 0.3) is 0 Å². The SMILES string of the molecule is O=P(O)(O)O.O=P(O)(O)O.O=P(O)(O)O.[V]. The maximum Gasteiger partial charge on any atom is 0.466 e. The van der Waals surface area contributed by atoms with E-state index >= 15 is 0 Å². The zero-order valence-electron chi connectivity index (χ0n) is 7.04. The summed E-state index contributed by atoms with van der Waals surface area (Å²) in [5.74, 6) is 0. The topological polar surface area (TPSA) is 233 Å². The summed E-state index contributed by atoms with van der Waals surface area (Å²) in [4.78, 5) is 64.7. The summed E-state index contributed by atoms with van der Waals surface area (Å²) in [6.07, 6.45) is 0. The van der Waals surface area contributed by atoms with Gasteiger partial charge in [0, 0.05) is 18.6 Å². The minimum Gasteiger partial charge on any atom is -0.303 e. The average molecular weight is 345 g/mol. The Hall–Kier alpha value is 0.914. The molecule has 16 heavy (non-hydrogen) atoms. The largest absolute Gasteiger partial charge is 0.466 e. The Kier molecular flexibility index (Phi) is 15.9. The van der Waals surface area contributed by atoms with Crippen LogP contribution in [0.5, 0.6) is 0 Å². The van der Waals surface area contributed by atoms with E-state index in [-0.39, 0.29) is 18.6 Å². The Labute approximate surface area is 100 Å². The van der Waals surface area contributed by atoms with Crippen LogP contribution < -0.4 is 0 Å². The maximum absolute atomic E-state index is 8.88. The molecule has 0 spiro atoms. The van der Waals surface area contributed by atoms with Gasteiger partial charge in [0.05, 0.1) is 0 Å². The molecule has 12 nitrogen and oxygen atoms in total. The van der Waals surface area contributed by atoms with Crippen molar-refractivity contribution in [3.63, 3.8) is 0 Å². The van der Waals surface area contributed by atoms with Gasteiger partial charge in [-0.3, -0.25) is 0 Å². The van der Waals surface area contributed by atoms with Gasteiger partial charge >= 0.3 is 23.5 Å². The molecule has 16 heteroatoms. The fourth-order valence-corrected chi connectivity index (χ4v) is 0. The number of hydrogen-bond acceptors (Lipinski definition) is 3. The first-order valence-corrected chi connectivity index (χ1v) is 7.04. The number of rotatable bonds is 0. The Bertz CT molecular complexity index is 202. The molecule has 0 aromatic rings. The third-order valence-corrected chi connectivity index (χ3v) is 0. The van der Waals surface area contributed by atoms with Crippen LogP contribution in [-0.2, 0) is 32.3 Å². The van der Waals surface area contributed by atoms with Crippen LogP contribution in [0.25, 0.3) is 0 Å². The molecular weight excluding hydrogens is 336 g/mol. The summed E-state index contributed by atoms with van der Waals surface area (Å²) in [7, 11) is -13.9. The first kappa shape index (κ1) is 25.7. The molecule has 0 saturated heterocycles. The standard InChI is InChI=1S/3H3O4P.V/c3*1-5(2,3)4;/h3*(H3,1,2,3,4);. The first-order chi connectivity index (χ1) is 6.00. The number of phosphoric acid groups is 3. The van der Waals surface area contributed by atoms with Crippen LogP contribution >= 0.6 is 23.5 Å². The smallest absolute Gasteiger partial charge is 0.303 e. The molecular formula is H9O12P3V. The van der Waals surface area contributed by atoms with E-state index in [0.29, 0.717) is 0 Å². The van der Waals surface area contributed by atoms with Crippen molar-refractivity contribution >= 4 is 23.5 Å². The molecule has 0 amide bonds. The van der Waals surface area contributed by atoms with E-state index in [1.165, 1.54) is 0 Å². The number of hydrogen-bond donors (Lipinski definition) is 9. The van der Waals surface area contributed by atoms with E-state index in [1.54, 1.807) is 0 Å². The van der Waals surface area contributed by atoms with Gasteiger partial charge in [0.1, 0.15) is 0 Å². The van der Waals surface area contributed by atoms with E-state index in [1.807, 2.05) is 0 Å². The fourth-order valence-electron chi connectivity index (χ4n) is 0. The first-order valence-electron chi connectivity index (χ1n) is 2.35. The van der Waals surface area contributed by atoms with Crippen LogP contribution in [-0.4, -0.2) is 44.0 Å². The van der Waals surface area contributed by atoms with Crippen molar-refractivity contribution in [2.24, 2.45) is 0 Å². The van der Waals surface area contributed by atoms with Gasteiger partial charge < -0.3 is 44.0 Å². The van der Waals surface area contributed by atoms with Crippen molar-refractivity contribution in [2.75, 3.05) is 0 Å². The molecule has 0 aliphatic carbocycles. The molecule has 0 atom stereocenters. The summed E-state index contributed by atoms with van der Waals surface area (Å²) < 4.78 is 26.6. The van der Waals surface area contributed by atoms with Gasteiger partial charge in [-0.15, -0.1) is 0 Å². The van der Waals surface area contributed by atoms with Crippen LogP contribution in [0, 0.1) is 0 Å². The van der Waals surface area contributed by atoms with Gasteiger partial charge in [0.2, 0.25) is 0 Å². The third kappa shape index (κ3) is 3450. The van der Waals surface area contributed by atoms with Crippen molar-refractivity contribution in [3.8, 4) is 0 Å². The summed E-state index contributed by atoms with van der Waals surface area (Å²) >= 11 is 0. The molecule has 0 aromatic carbocycles. The van der Waals surface area contributed by atoms with Crippen LogP contribution in [0.4, 0.5) is 0 Å². The van der Waals surface area contributed by atoms with Crippen molar-refractivity contribution in [3.05, 3.63) is 0 Å². The van der Waals surface area contributed by atoms with E-state index in [9.17, 15) is 0 Å². The zero-order valence-corrected chi connectivity index (χ0v) is 11.1. The molecule has 0 aromatic heterocycles. The Morgan fingerprint density at radius 3 is 0.438 bits per heavy atom.